The lowest BCUT2D eigenvalue weighted by molar-refractivity contribution is 0.0819. The van der Waals surface area contributed by atoms with Gasteiger partial charge in [-0.05, 0) is 37.1 Å². The second-order valence-electron chi connectivity index (χ2n) is 3.89. The molecule has 1 heterocycles. The Labute approximate surface area is 93.8 Å². The van der Waals surface area contributed by atoms with Crippen molar-refractivity contribution in [3.63, 3.8) is 0 Å². The smallest absolute Gasteiger partial charge is 0.272 e. The van der Waals surface area contributed by atoms with Gasteiger partial charge in [-0.15, -0.1) is 0 Å². The Kier molecular flexibility index (Phi) is 3.59. The first-order valence-corrected chi connectivity index (χ1v) is 5.51. The first-order valence-electron chi connectivity index (χ1n) is 5.51. The van der Waals surface area contributed by atoms with Crippen LogP contribution in [0.25, 0.3) is 0 Å². The monoisotopic (exact) mass is 227 g/mol. The molecule has 2 rings (SSSR count). The van der Waals surface area contributed by atoms with Gasteiger partial charge in [-0.25, -0.2) is 8.78 Å². The normalized spacial score (nSPS) is 15.8. The lowest BCUT2D eigenvalue weighted by Crippen LogP contribution is -2.17. The van der Waals surface area contributed by atoms with Crippen LogP contribution in [0, 0.1) is 0 Å². The lowest BCUT2D eigenvalue weighted by Gasteiger charge is -2.17. The molecular weight excluding hydrogens is 212 g/mol. The Bertz CT molecular complexity index is 320. The van der Waals surface area contributed by atoms with Gasteiger partial charge in [0.15, 0.2) is 0 Å². The summed E-state index contributed by atoms with van der Waals surface area (Å²) in [6, 6.07) is 7.34. The molecule has 0 atom stereocenters. The minimum absolute atomic E-state index is 0.503. The van der Waals surface area contributed by atoms with Crippen molar-refractivity contribution in [3.05, 3.63) is 24.3 Å². The predicted molar refractivity (Wildman–Crippen MR) is 59.4 cm³/mol. The largest absolute Gasteiger partial charge is 0.488 e. The van der Waals surface area contributed by atoms with Gasteiger partial charge >= 0.3 is 0 Å². The highest BCUT2D eigenvalue weighted by molar-refractivity contribution is 5.49. The highest BCUT2D eigenvalue weighted by Gasteiger charge is 2.12. The van der Waals surface area contributed by atoms with Crippen LogP contribution in [0.2, 0.25) is 0 Å². The quantitative estimate of drug-likeness (QED) is 0.784. The maximum absolute atomic E-state index is 11.9. The molecule has 0 aromatic heterocycles. The van der Waals surface area contributed by atoms with E-state index >= 15 is 0 Å². The van der Waals surface area contributed by atoms with E-state index in [4.69, 9.17) is 4.74 Å². The van der Waals surface area contributed by atoms with E-state index < -0.39 is 13.0 Å². The summed E-state index contributed by atoms with van der Waals surface area (Å²) in [5.41, 5.74) is 1.14. The van der Waals surface area contributed by atoms with Crippen LogP contribution < -0.4 is 9.64 Å². The number of anilines is 1. The van der Waals surface area contributed by atoms with Gasteiger partial charge in [0.05, 0.1) is 0 Å². The summed E-state index contributed by atoms with van der Waals surface area (Å²) in [5, 5.41) is 0. The molecule has 16 heavy (non-hydrogen) atoms. The van der Waals surface area contributed by atoms with Gasteiger partial charge in [-0.2, -0.15) is 0 Å². The van der Waals surface area contributed by atoms with Crippen LogP contribution in [-0.2, 0) is 0 Å². The van der Waals surface area contributed by atoms with E-state index in [1.165, 1.54) is 12.8 Å². The summed E-state index contributed by atoms with van der Waals surface area (Å²) in [6.45, 7) is 1.62. The molecule has 1 fully saturated rings. The Morgan fingerprint density at radius 1 is 1.12 bits per heavy atom. The molecular formula is C12H15F2NO. The van der Waals surface area contributed by atoms with Crippen LogP contribution in [0.4, 0.5) is 14.5 Å². The van der Waals surface area contributed by atoms with E-state index in [-0.39, 0.29) is 0 Å². The maximum Gasteiger partial charge on any atom is 0.272 e. The fourth-order valence-electron chi connectivity index (χ4n) is 1.89. The van der Waals surface area contributed by atoms with Crippen LogP contribution in [0.5, 0.6) is 5.75 Å². The number of benzene rings is 1. The molecule has 1 aromatic rings. The number of nitrogens with zero attached hydrogens (tertiary/aromatic N) is 1. The van der Waals surface area contributed by atoms with Gasteiger partial charge in [0.1, 0.15) is 12.4 Å². The van der Waals surface area contributed by atoms with Crippen molar-refractivity contribution in [3.8, 4) is 5.75 Å². The third-order valence-electron chi connectivity index (χ3n) is 2.68. The topological polar surface area (TPSA) is 12.5 Å². The third kappa shape index (κ3) is 2.84. The standard InChI is InChI=1S/C12H15F2NO/c13-12(14)9-16-11-5-3-10(4-6-11)15-7-1-2-8-15/h3-6,12H,1-2,7-9H2. The van der Waals surface area contributed by atoms with Gasteiger partial charge in [0, 0.05) is 18.8 Å². The van der Waals surface area contributed by atoms with Crippen molar-refractivity contribution in [2.45, 2.75) is 19.3 Å². The van der Waals surface area contributed by atoms with Gasteiger partial charge < -0.3 is 9.64 Å². The molecule has 4 heteroatoms. The van der Waals surface area contributed by atoms with Gasteiger partial charge in [0.25, 0.3) is 6.43 Å². The van der Waals surface area contributed by atoms with Gasteiger partial charge in [-0.1, -0.05) is 0 Å². The molecule has 88 valence electrons. The third-order valence-corrected chi connectivity index (χ3v) is 2.68. The van der Waals surface area contributed by atoms with Crippen molar-refractivity contribution in [1.29, 1.82) is 0 Å². The first kappa shape index (κ1) is 11.2. The van der Waals surface area contributed by atoms with Crippen molar-refractivity contribution < 1.29 is 13.5 Å². The molecule has 0 radical (unpaired) electrons. The summed E-state index contributed by atoms with van der Waals surface area (Å²) in [7, 11) is 0. The predicted octanol–water partition coefficient (Wildman–Crippen LogP) is 2.93. The van der Waals surface area contributed by atoms with Gasteiger partial charge in [0.2, 0.25) is 0 Å². The Balaban J connectivity index is 1.93. The zero-order valence-electron chi connectivity index (χ0n) is 9.03. The van der Waals surface area contributed by atoms with E-state index in [1.807, 2.05) is 12.1 Å². The van der Waals surface area contributed by atoms with E-state index in [2.05, 4.69) is 4.90 Å². The van der Waals surface area contributed by atoms with Crippen molar-refractivity contribution in [2.24, 2.45) is 0 Å². The van der Waals surface area contributed by atoms with Crippen molar-refractivity contribution >= 4 is 5.69 Å². The number of ether oxygens (including phenoxy) is 1. The molecule has 0 spiro atoms. The average molecular weight is 227 g/mol. The van der Waals surface area contributed by atoms with Gasteiger partial charge in [-0.3, -0.25) is 0 Å². The first-order chi connectivity index (χ1) is 7.75. The molecule has 1 saturated heterocycles. The van der Waals surface area contributed by atoms with E-state index in [9.17, 15) is 8.78 Å². The van der Waals surface area contributed by atoms with Crippen molar-refractivity contribution in [2.75, 3.05) is 24.6 Å². The Morgan fingerprint density at radius 2 is 1.75 bits per heavy atom. The second kappa shape index (κ2) is 5.14. The molecule has 1 aliphatic heterocycles. The van der Waals surface area contributed by atoms with E-state index in [0.29, 0.717) is 5.75 Å². The summed E-state index contributed by atoms with van der Waals surface area (Å²) >= 11 is 0. The molecule has 0 unspecified atom stereocenters. The number of halogens is 2. The van der Waals surface area contributed by atoms with E-state index in [0.717, 1.165) is 18.8 Å². The molecule has 0 bridgehead atoms. The van der Waals surface area contributed by atoms with Crippen molar-refractivity contribution in [1.82, 2.24) is 0 Å². The highest BCUT2D eigenvalue weighted by atomic mass is 19.3. The summed E-state index contributed by atoms with van der Waals surface area (Å²) in [4.78, 5) is 2.29. The summed E-state index contributed by atoms with van der Waals surface area (Å²) in [6.07, 6.45) is 0.0334. The molecule has 1 aromatic carbocycles. The van der Waals surface area contributed by atoms with Crippen LogP contribution in [-0.4, -0.2) is 26.1 Å². The zero-order valence-corrected chi connectivity index (χ0v) is 9.03. The second-order valence-corrected chi connectivity index (χ2v) is 3.89. The SMILES string of the molecule is FC(F)COc1ccc(N2CCCC2)cc1. The van der Waals surface area contributed by atoms with Crippen LogP contribution >= 0.6 is 0 Å². The molecule has 1 aliphatic rings. The molecule has 0 amide bonds. The average Bonchev–Trinajstić information content (AvgIpc) is 2.80. The highest BCUT2D eigenvalue weighted by Crippen LogP contribution is 2.23. The summed E-state index contributed by atoms with van der Waals surface area (Å²) in [5.74, 6) is 0.503. The maximum atomic E-state index is 11.9. The van der Waals surface area contributed by atoms with Crippen LogP contribution in [0.1, 0.15) is 12.8 Å². The number of alkyl halides is 2. The lowest BCUT2D eigenvalue weighted by atomic mass is 10.3. The molecule has 2 nitrogen and oxygen atoms in total. The minimum atomic E-state index is -2.42. The molecule has 0 aliphatic carbocycles. The zero-order chi connectivity index (χ0) is 11.4. The fourth-order valence-corrected chi connectivity index (χ4v) is 1.89. The Hall–Kier alpha value is -1.32. The summed E-state index contributed by atoms with van der Waals surface area (Å²) < 4.78 is 28.7. The number of rotatable bonds is 4. The van der Waals surface area contributed by atoms with Crippen LogP contribution in [0.15, 0.2) is 24.3 Å². The van der Waals surface area contributed by atoms with E-state index in [1.54, 1.807) is 12.1 Å². The molecule has 0 saturated carbocycles. The molecule has 0 N–H and O–H groups in total. The Morgan fingerprint density at radius 3 is 2.31 bits per heavy atom. The number of hydrogen-bond donors (Lipinski definition) is 0. The fraction of sp³-hybridized carbons (Fsp3) is 0.500. The minimum Gasteiger partial charge on any atom is -0.488 e. The number of hydrogen-bond acceptors (Lipinski definition) is 2. The van der Waals surface area contributed by atoms with Crippen LogP contribution in [0.3, 0.4) is 0 Å².